The van der Waals surface area contributed by atoms with Crippen molar-refractivity contribution in [3.05, 3.63) is 24.3 Å². The lowest BCUT2D eigenvalue weighted by Crippen LogP contribution is -2.36. The summed E-state index contributed by atoms with van der Waals surface area (Å²) in [6.45, 7) is -0.569. The average Bonchev–Trinajstić information content (AvgIpc) is 2.45. The second-order valence-corrected chi connectivity index (χ2v) is 5.78. The van der Waals surface area contributed by atoms with Crippen molar-refractivity contribution >= 4 is 27.3 Å². The molecule has 0 unspecified atom stereocenters. The summed E-state index contributed by atoms with van der Waals surface area (Å²) in [6.07, 6.45) is 0. The number of sulfone groups is 1. The first-order valence-electron chi connectivity index (χ1n) is 5.66. The van der Waals surface area contributed by atoms with E-state index < -0.39 is 32.3 Å². The summed E-state index contributed by atoms with van der Waals surface area (Å²) >= 11 is 0. The average molecular weight is 321 g/mol. The van der Waals surface area contributed by atoms with E-state index in [-0.39, 0.29) is 18.8 Å². The van der Waals surface area contributed by atoms with E-state index in [1.807, 2.05) is 0 Å². The maximum atomic E-state index is 12.3. The first kappa shape index (κ1) is 17.0. The van der Waals surface area contributed by atoms with Crippen LogP contribution in [0.2, 0.25) is 0 Å². The fourth-order valence-electron chi connectivity index (χ4n) is 1.29. The van der Waals surface area contributed by atoms with Crippen LogP contribution in [0.5, 0.6) is 0 Å². The molecule has 0 spiro atoms. The van der Waals surface area contributed by atoms with Crippen LogP contribution in [0.4, 0.5) is 14.5 Å². The zero-order valence-electron chi connectivity index (χ0n) is 10.7. The normalized spacial score (nSPS) is 11.2. The van der Waals surface area contributed by atoms with E-state index in [4.69, 9.17) is 5.73 Å². The van der Waals surface area contributed by atoms with Gasteiger partial charge in [-0.3, -0.25) is 9.59 Å². The number of anilines is 1. The van der Waals surface area contributed by atoms with Crippen molar-refractivity contribution in [2.24, 2.45) is 5.73 Å². The molecule has 4 N–H and O–H groups in total. The van der Waals surface area contributed by atoms with Crippen LogP contribution in [0.15, 0.2) is 29.2 Å². The number of nitrogens with one attached hydrogen (secondary N) is 2. The first-order valence-corrected chi connectivity index (χ1v) is 7.20. The van der Waals surface area contributed by atoms with Crippen LogP contribution in [-0.4, -0.2) is 39.1 Å². The van der Waals surface area contributed by atoms with Gasteiger partial charge in [-0.2, -0.15) is 8.78 Å². The summed E-state index contributed by atoms with van der Waals surface area (Å²) < 4.78 is 47.0. The van der Waals surface area contributed by atoms with Crippen LogP contribution in [0.3, 0.4) is 0 Å². The monoisotopic (exact) mass is 321 g/mol. The van der Waals surface area contributed by atoms with Gasteiger partial charge in [-0.1, -0.05) is 0 Å². The van der Waals surface area contributed by atoms with Gasteiger partial charge in [-0.15, -0.1) is 0 Å². The van der Waals surface area contributed by atoms with Gasteiger partial charge in [0, 0.05) is 5.69 Å². The molecule has 1 aromatic rings. The Bertz CT molecular complexity index is 617. The Morgan fingerprint density at radius 2 is 1.71 bits per heavy atom. The van der Waals surface area contributed by atoms with Crippen molar-refractivity contribution < 1.29 is 26.8 Å². The van der Waals surface area contributed by atoms with Gasteiger partial charge in [-0.25, -0.2) is 8.42 Å². The van der Waals surface area contributed by atoms with Gasteiger partial charge in [0.1, 0.15) is 0 Å². The second kappa shape index (κ2) is 7.09. The molecule has 1 rings (SSSR count). The predicted octanol–water partition coefficient (Wildman–Crippen LogP) is -0.304. The maximum Gasteiger partial charge on any atom is 0.341 e. The molecule has 7 nitrogen and oxygen atoms in total. The molecule has 0 aliphatic carbocycles. The van der Waals surface area contributed by atoms with Crippen molar-refractivity contribution in [1.82, 2.24) is 5.32 Å². The molecular formula is C11H13F2N3O4S. The molecule has 0 aliphatic heterocycles. The molecule has 0 atom stereocenters. The highest BCUT2D eigenvalue weighted by Crippen LogP contribution is 2.20. The number of benzene rings is 1. The summed E-state index contributed by atoms with van der Waals surface area (Å²) in [5, 5.41) is 4.58. The topological polar surface area (TPSA) is 118 Å². The Kier molecular flexibility index (Phi) is 5.73. The number of hydrogen-bond acceptors (Lipinski definition) is 5. The minimum absolute atomic E-state index is 0.204. The number of nitrogens with two attached hydrogens (primary N) is 1. The van der Waals surface area contributed by atoms with Gasteiger partial charge < -0.3 is 16.4 Å². The van der Waals surface area contributed by atoms with Crippen LogP contribution in [0, 0.1) is 0 Å². The van der Waals surface area contributed by atoms with Crippen molar-refractivity contribution in [3.63, 3.8) is 0 Å². The molecule has 10 heteroatoms. The van der Waals surface area contributed by atoms with E-state index in [1.165, 1.54) is 0 Å². The summed E-state index contributed by atoms with van der Waals surface area (Å²) in [6, 6.07) is 4.24. The third-order valence-corrected chi connectivity index (χ3v) is 3.73. The van der Waals surface area contributed by atoms with Gasteiger partial charge in [0.2, 0.25) is 21.7 Å². The second-order valence-electron chi connectivity index (χ2n) is 3.86. The smallest absolute Gasteiger partial charge is 0.341 e. The fraction of sp³-hybridized carbons (Fsp3) is 0.273. The first-order chi connectivity index (χ1) is 9.77. The summed E-state index contributed by atoms with van der Waals surface area (Å²) in [7, 11) is -4.66. The Morgan fingerprint density at radius 3 is 2.19 bits per heavy atom. The highest BCUT2D eigenvalue weighted by Gasteiger charge is 2.26. The number of carbonyl (C=O) groups is 2. The van der Waals surface area contributed by atoms with E-state index in [1.54, 1.807) is 0 Å². The molecule has 0 aromatic heterocycles. The quantitative estimate of drug-likeness (QED) is 0.664. The third kappa shape index (κ3) is 4.76. The largest absolute Gasteiger partial charge is 0.346 e. The molecule has 0 radical (unpaired) electrons. The molecule has 0 bridgehead atoms. The molecular weight excluding hydrogens is 308 g/mol. The van der Waals surface area contributed by atoms with E-state index in [2.05, 4.69) is 10.6 Å². The highest BCUT2D eigenvalue weighted by atomic mass is 32.2. The molecule has 21 heavy (non-hydrogen) atoms. The molecule has 0 aliphatic rings. The van der Waals surface area contributed by atoms with E-state index in [0.29, 0.717) is 0 Å². The van der Waals surface area contributed by atoms with E-state index in [9.17, 15) is 26.8 Å². The molecule has 0 fully saturated rings. The molecule has 0 heterocycles. The molecule has 2 amide bonds. The van der Waals surface area contributed by atoms with Crippen molar-refractivity contribution in [2.45, 2.75) is 10.7 Å². The Labute approximate surface area is 119 Å². The number of halogens is 2. The summed E-state index contributed by atoms with van der Waals surface area (Å²) in [4.78, 5) is 21.7. The van der Waals surface area contributed by atoms with E-state index in [0.717, 1.165) is 24.3 Å². The molecule has 1 aromatic carbocycles. The number of carbonyl (C=O) groups excluding carboxylic acids is 2. The SMILES string of the molecule is NCC(=O)NCC(=O)Nc1ccc(S(=O)(=O)C(F)F)cc1. The summed E-state index contributed by atoms with van der Waals surface area (Å²) in [5.74, 6) is -4.59. The van der Waals surface area contributed by atoms with Gasteiger partial charge in [0.15, 0.2) is 0 Å². The van der Waals surface area contributed by atoms with Crippen molar-refractivity contribution in [3.8, 4) is 0 Å². The predicted molar refractivity (Wildman–Crippen MR) is 70.3 cm³/mol. The highest BCUT2D eigenvalue weighted by molar-refractivity contribution is 7.91. The minimum atomic E-state index is -4.66. The van der Waals surface area contributed by atoms with Gasteiger partial charge in [-0.05, 0) is 24.3 Å². The minimum Gasteiger partial charge on any atom is -0.346 e. The van der Waals surface area contributed by atoms with Crippen LogP contribution in [-0.2, 0) is 19.4 Å². The lowest BCUT2D eigenvalue weighted by atomic mass is 10.3. The molecule has 116 valence electrons. The van der Waals surface area contributed by atoms with Crippen molar-refractivity contribution in [2.75, 3.05) is 18.4 Å². The lowest BCUT2D eigenvalue weighted by molar-refractivity contribution is -0.123. The standard InChI is InChI=1S/C11H13F2N3O4S/c12-11(13)21(19,20)8-3-1-7(2-4-8)16-10(18)6-15-9(17)5-14/h1-4,11H,5-6,14H2,(H,15,17)(H,16,18). The zero-order chi connectivity index (χ0) is 16.0. The Hall–Kier alpha value is -2.07. The lowest BCUT2D eigenvalue weighted by Gasteiger charge is -2.07. The van der Waals surface area contributed by atoms with E-state index >= 15 is 0 Å². The molecule has 0 saturated heterocycles. The molecule has 0 saturated carbocycles. The number of hydrogen-bond donors (Lipinski definition) is 3. The number of rotatable bonds is 6. The van der Waals surface area contributed by atoms with Gasteiger partial charge in [0.05, 0.1) is 18.0 Å². The van der Waals surface area contributed by atoms with Crippen LogP contribution in [0.25, 0.3) is 0 Å². The summed E-state index contributed by atoms with van der Waals surface area (Å²) in [5.41, 5.74) is 5.23. The van der Waals surface area contributed by atoms with Crippen molar-refractivity contribution in [1.29, 1.82) is 0 Å². The van der Waals surface area contributed by atoms with Crippen LogP contribution >= 0.6 is 0 Å². The zero-order valence-corrected chi connectivity index (χ0v) is 11.5. The maximum absolute atomic E-state index is 12.3. The van der Waals surface area contributed by atoms with Gasteiger partial charge in [0.25, 0.3) is 0 Å². The van der Waals surface area contributed by atoms with Gasteiger partial charge >= 0.3 is 5.76 Å². The Balaban J connectivity index is 2.67. The Morgan fingerprint density at radius 1 is 1.14 bits per heavy atom. The third-order valence-electron chi connectivity index (χ3n) is 2.33. The van der Waals surface area contributed by atoms with Crippen LogP contribution < -0.4 is 16.4 Å². The fourth-order valence-corrected chi connectivity index (χ4v) is 2.01. The number of amides is 2. The number of alkyl halides is 2. The van der Waals surface area contributed by atoms with Crippen LogP contribution in [0.1, 0.15) is 0 Å².